The van der Waals surface area contributed by atoms with Crippen LogP contribution in [0.15, 0.2) is 24.3 Å². The summed E-state index contributed by atoms with van der Waals surface area (Å²) in [5.74, 6) is 1.62. The topological polar surface area (TPSA) is 49.3 Å². The molecule has 0 fully saturated rings. The van der Waals surface area contributed by atoms with Crippen LogP contribution in [0.3, 0.4) is 0 Å². The van der Waals surface area contributed by atoms with Crippen LogP contribution >= 0.6 is 0 Å². The Kier molecular flexibility index (Phi) is 11.1. The highest BCUT2D eigenvalue weighted by Crippen LogP contribution is 2.21. The van der Waals surface area contributed by atoms with Gasteiger partial charge in [-0.15, -0.1) is 0 Å². The van der Waals surface area contributed by atoms with Crippen LogP contribution < -0.4 is 5.32 Å². The number of benzene rings is 1. The number of rotatable bonds is 14. The Morgan fingerprint density at radius 1 is 0.846 bits per heavy atom. The molecule has 1 aromatic rings. The fourth-order valence-electron chi connectivity index (χ4n) is 3.39. The predicted octanol–water partition coefficient (Wildman–Crippen LogP) is 6.85. The average Bonchev–Trinajstić information content (AvgIpc) is 2.59. The number of carboxylic acids is 1. The molecule has 0 aliphatic heterocycles. The van der Waals surface area contributed by atoms with E-state index in [-0.39, 0.29) is 0 Å². The van der Waals surface area contributed by atoms with Gasteiger partial charge in [0.1, 0.15) is 0 Å². The van der Waals surface area contributed by atoms with Crippen LogP contribution in [0.25, 0.3) is 0 Å². The third kappa shape index (κ3) is 10.5. The van der Waals surface area contributed by atoms with Crippen molar-refractivity contribution in [2.75, 3.05) is 11.9 Å². The second kappa shape index (κ2) is 12.8. The van der Waals surface area contributed by atoms with Crippen molar-refractivity contribution in [1.82, 2.24) is 0 Å². The van der Waals surface area contributed by atoms with Crippen molar-refractivity contribution in [2.45, 2.75) is 79.1 Å². The maximum absolute atomic E-state index is 10.8. The maximum atomic E-state index is 10.8. The van der Waals surface area contributed by atoms with Gasteiger partial charge >= 0.3 is 5.97 Å². The van der Waals surface area contributed by atoms with Crippen molar-refractivity contribution in [2.24, 2.45) is 17.8 Å². The molecule has 2 N–H and O–H groups in total. The number of nitrogens with one attached hydrogen (secondary N) is 1. The predicted molar refractivity (Wildman–Crippen MR) is 112 cm³/mol. The van der Waals surface area contributed by atoms with Crippen LogP contribution in [0, 0.1) is 17.8 Å². The molecule has 0 saturated heterocycles. The summed E-state index contributed by atoms with van der Waals surface area (Å²) in [7, 11) is 0. The number of hydrogen-bond acceptors (Lipinski definition) is 2. The van der Waals surface area contributed by atoms with Crippen LogP contribution in [0.5, 0.6) is 0 Å². The highest BCUT2D eigenvalue weighted by atomic mass is 16.4. The molecule has 2 atom stereocenters. The molecule has 0 bridgehead atoms. The van der Waals surface area contributed by atoms with Crippen LogP contribution in [-0.4, -0.2) is 17.6 Å². The lowest BCUT2D eigenvalue weighted by Crippen LogP contribution is -2.05. The van der Waals surface area contributed by atoms with Gasteiger partial charge in [0, 0.05) is 12.2 Å². The summed E-state index contributed by atoms with van der Waals surface area (Å²) in [6.07, 6.45) is 10.6. The summed E-state index contributed by atoms with van der Waals surface area (Å²) < 4.78 is 0. The first kappa shape index (κ1) is 22.5. The third-order valence-corrected chi connectivity index (χ3v) is 5.21. The molecule has 0 amide bonds. The van der Waals surface area contributed by atoms with Gasteiger partial charge in [0.05, 0.1) is 5.56 Å². The molecule has 0 saturated carbocycles. The maximum Gasteiger partial charge on any atom is 0.335 e. The van der Waals surface area contributed by atoms with E-state index in [0.717, 1.165) is 36.4 Å². The van der Waals surface area contributed by atoms with Crippen molar-refractivity contribution < 1.29 is 9.90 Å². The van der Waals surface area contributed by atoms with Crippen molar-refractivity contribution >= 4 is 11.7 Å². The average molecular weight is 362 g/mol. The monoisotopic (exact) mass is 361 g/mol. The Balaban J connectivity index is 2.06. The number of carbonyl (C=O) groups is 1. The molecule has 3 heteroatoms. The van der Waals surface area contributed by atoms with Crippen molar-refractivity contribution in [3.8, 4) is 0 Å². The molecule has 0 radical (unpaired) electrons. The molecule has 3 nitrogen and oxygen atoms in total. The van der Waals surface area contributed by atoms with E-state index in [9.17, 15) is 4.79 Å². The fourth-order valence-corrected chi connectivity index (χ4v) is 3.39. The minimum Gasteiger partial charge on any atom is -0.478 e. The molecule has 26 heavy (non-hydrogen) atoms. The van der Waals surface area contributed by atoms with Gasteiger partial charge in [0.25, 0.3) is 0 Å². The first-order valence-corrected chi connectivity index (χ1v) is 10.5. The first-order valence-electron chi connectivity index (χ1n) is 10.5. The van der Waals surface area contributed by atoms with E-state index in [1.165, 1.54) is 44.9 Å². The Morgan fingerprint density at radius 3 is 1.85 bits per heavy atom. The zero-order valence-electron chi connectivity index (χ0n) is 17.3. The second-order valence-corrected chi connectivity index (χ2v) is 8.42. The number of hydrogen-bond donors (Lipinski definition) is 2. The van der Waals surface area contributed by atoms with Gasteiger partial charge in [-0.05, 0) is 54.9 Å². The van der Waals surface area contributed by atoms with Crippen LogP contribution in [0.2, 0.25) is 0 Å². The van der Waals surface area contributed by atoms with Gasteiger partial charge in [-0.3, -0.25) is 0 Å². The highest BCUT2D eigenvalue weighted by molar-refractivity contribution is 5.87. The zero-order valence-corrected chi connectivity index (χ0v) is 17.3. The second-order valence-electron chi connectivity index (χ2n) is 8.42. The standard InChI is InChI=1S/C23H39NO2/c1-18(2)8-5-9-19(3)10-6-11-20(4)12-7-17-24-22-15-13-21(14-16-22)23(25)26/h13-16,18-20,24H,5-12,17H2,1-4H3,(H,25,26). The number of aromatic carboxylic acids is 1. The minimum absolute atomic E-state index is 0.336. The number of anilines is 1. The summed E-state index contributed by atoms with van der Waals surface area (Å²) in [6.45, 7) is 10.3. The van der Waals surface area contributed by atoms with Crippen molar-refractivity contribution in [3.05, 3.63) is 29.8 Å². The molecule has 148 valence electrons. The molecule has 0 spiro atoms. The van der Waals surface area contributed by atoms with Gasteiger partial charge < -0.3 is 10.4 Å². The summed E-state index contributed by atoms with van der Waals surface area (Å²) in [5.41, 5.74) is 1.33. The third-order valence-electron chi connectivity index (χ3n) is 5.21. The molecular formula is C23H39NO2. The van der Waals surface area contributed by atoms with E-state index in [2.05, 4.69) is 33.0 Å². The van der Waals surface area contributed by atoms with E-state index < -0.39 is 5.97 Å². The quantitative estimate of drug-likeness (QED) is 0.356. The Bertz CT molecular complexity index is 495. The van der Waals surface area contributed by atoms with E-state index in [1.54, 1.807) is 12.1 Å². The van der Waals surface area contributed by atoms with Gasteiger partial charge in [0.15, 0.2) is 0 Å². The van der Waals surface area contributed by atoms with E-state index >= 15 is 0 Å². The van der Waals surface area contributed by atoms with Crippen LogP contribution in [0.1, 0.15) is 89.4 Å². The van der Waals surface area contributed by atoms with E-state index in [1.807, 2.05) is 12.1 Å². The summed E-state index contributed by atoms with van der Waals surface area (Å²) >= 11 is 0. The summed E-state index contributed by atoms with van der Waals surface area (Å²) in [6, 6.07) is 6.98. The Hall–Kier alpha value is -1.51. The lowest BCUT2D eigenvalue weighted by Gasteiger charge is -2.15. The van der Waals surface area contributed by atoms with Crippen LogP contribution in [-0.2, 0) is 0 Å². The zero-order chi connectivity index (χ0) is 19.4. The minimum atomic E-state index is -0.875. The first-order chi connectivity index (χ1) is 12.4. The summed E-state index contributed by atoms with van der Waals surface area (Å²) in [4.78, 5) is 10.8. The molecule has 1 aromatic carbocycles. The SMILES string of the molecule is CC(C)CCCC(C)CCCC(C)CCCNc1ccc(C(=O)O)cc1. The molecule has 0 heterocycles. The molecule has 0 aromatic heterocycles. The fraction of sp³-hybridized carbons (Fsp3) is 0.696. The molecule has 2 unspecified atom stereocenters. The lowest BCUT2D eigenvalue weighted by molar-refractivity contribution is 0.0697. The lowest BCUT2D eigenvalue weighted by atomic mass is 9.92. The molecular weight excluding hydrogens is 322 g/mol. The Labute approximate surface area is 160 Å². The van der Waals surface area contributed by atoms with Gasteiger partial charge in [-0.25, -0.2) is 4.79 Å². The summed E-state index contributed by atoms with van der Waals surface area (Å²) in [5, 5.41) is 12.3. The largest absolute Gasteiger partial charge is 0.478 e. The van der Waals surface area contributed by atoms with Gasteiger partial charge in [-0.2, -0.15) is 0 Å². The van der Waals surface area contributed by atoms with Crippen molar-refractivity contribution in [1.29, 1.82) is 0 Å². The molecule has 1 rings (SSSR count). The highest BCUT2D eigenvalue weighted by Gasteiger charge is 2.07. The van der Waals surface area contributed by atoms with E-state index in [0.29, 0.717) is 5.56 Å². The van der Waals surface area contributed by atoms with Crippen molar-refractivity contribution in [3.63, 3.8) is 0 Å². The Morgan fingerprint density at radius 2 is 1.35 bits per heavy atom. The normalized spacial score (nSPS) is 13.6. The van der Waals surface area contributed by atoms with Gasteiger partial charge in [0.2, 0.25) is 0 Å². The molecule has 0 aliphatic carbocycles. The van der Waals surface area contributed by atoms with Gasteiger partial charge in [-0.1, -0.05) is 66.2 Å². The smallest absolute Gasteiger partial charge is 0.335 e. The van der Waals surface area contributed by atoms with E-state index in [4.69, 9.17) is 5.11 Å². The van der Waals surface area contributed by atoms with Crippen LogP contribution in [0.4, 0.5) is 5.69 Å². The molecule has 0 aliphatic rings. The number of carboxylic acid groups (broad SMARTS) is 1.